The zero-order valence-corrected chi connectivity index (χ0v) is 18.7. The number of halogens is 1. The van der Waals surface area contributed by atoms with Gasteiger partial charge in [0.1, 0.15) is 0 Å². The van der Waals surface area contributed by atoms with Crippen molar-refractivity contribution in [2.24, 2.45) is 0 Å². The van der Waals surface area contributed by atoms with Crippen LogP contribution < -0.4 is 11.1 Å². The molecular formula is C24H29ClN4O2. The molecule has 0 bridgehead atoms. The summed E-state index contributed by atoms with van der Waals surface area (Å²) in [5.41, 5.74) is 8.46. The highest BCUT2D eigenvalue weighted by Crippen LogP contribution is 2.33. The fourth-order valence-electron chi connectivity index (χ4n) is 3.71. The van der Waals surface area contributed by atoms with Crippen LogP contribution >= 0.6 is 11.6 Å². The minimum Gasteiger partial charge on any atom is -0.399 e. The molecule has 0 saturated heterocycles. The van der Waals surface area contributed by atoms with Gasteiger partial charge in [0.05, 0.1) is 30.5 Å². The molecule has 1 fully saturated rings. The van der Waals surface area contributed by atoms with Crippen molar-refractivity contribution >= 4 is 28.9 Å². The van der Waals surface area contributed by atoms with Crippen molar-refractivity contribution in [1.29, 1.82) is 0 Å². The first-order chi connectivity index (χ1) is 15.1. The number of hydrogen-bond acceptors (Lipinski definition) is 4. The maximum absolute atomic E-state index is 12.6. The van der Waals surface area contributed by atoms with Gasteiger partial charge in [0, 0.05) is 22.6 Å². The Morgan fingerprint density at radius 2 is 2.00 bits per heavy atom. The summed E-state index contributed by atoms with van der Waals surface area (Å²) in [7, 11) is 0. The van der Waals surface area contributed by atoms with E-state index in [1.54, 1.807) is 30.6 Å². The molecule has 1 aromatic heterocycles. The number of amides is 1. The highest BCUT2D eigenvalue weighted by atomic mass is 35.5. The number of rotatable bonds is 6. The Hall–Kier alpha value is -2.83. The lowest BCUT2D eigenvalue weighted by molar-refractivity contribution is 0.0166. The zero-order chi connectivity index (χ0) is 22.2. The lowest BCUT2D eigenvalue weighted by atomic mass is 10.2. The first-order valence-electron chi connectivity index (χ1n) is 10.7. The summed E-state index contributed by atoms with van der Waals surface area (Å²) in [5.74, 6) is -0.252. The van der Waals surface area contributed by atoms with E-state index >= 15 is 0 Å². The summed E-state index contributed by atoms with van der Waals surface area (Å²) in [4.78, 5) is 12.6. The molecule has 2 aromatic carbocycles. The number of aromatic nitrogens is 2. The van der Waals surface area contributed by atoms with Gasteiger partial charge in [0.2, 0.25) is 0 Å². The van der Waals surface area contributed by atoms with E-state index in [1.165, 1.54) is 0 Å². The Labute approximate surface area is 188 Å². The summed E-state index contributed by atoms with van der Waals surface area (Å²) in [6.07, 6.45) is 6.48. The summed E-state index contributed by atoms with van der Waals surface area (Å²) >= 11 is 6.00. The predicted octanol–water partition coefficient (Wildman–Crippen LogP) is 5.71. The lowest BCUT2D eigenvalue weighted by Crippen LogP contribution is -2.22. The second-order valence-electron chi connectivity index (χ2n) is 7.27. The number of nitrogen functional groups attached to an aromatic ring is 1. The van der Waals surface area contributed by atoms with Crippen LogP contribution in [0.4, 0.5) is 11.4 Å². The van der Waals surface area contributed by atoms with Crippen LogP contribution in [0.5, 0.6) is 0 Å². The second-order valence-corrected chi connectivity index (χ2v) is 7.71. The molecule has 1 heterocycles. The van der Waals surface area contributed by atoms with E-state index < -0.39 is 0 Å². The minimum atomic E-state index is -0.252. The van der Waals surface area contributed by atoms with Gasteiger partial charge < -0.3 is 15.8 Å². The maximum Gasteiger partial charge on any atom is 0.258 e. The molecular weight excluding hydrogens is 412 g/mol. The summed E-state index contributed by atoms with van der Waals surface area (Å²) < 4.78 is 8.01. The second kappa shape index (κ2) is 11.0. The van der Waals surface area contributed by atoms with Crippen LogP contribution in [0.1, 0.15) is 55.1 Å². The Morgan fingerprint density at radius 1 is 1.23 bits per heavy atom. The third-order valence-corrected chi connectivity index (χ3v) is 5.32. The molecule has 0 aliphatic heterocycles. The van der Waals surface area contributed by atoms with Gasteiger partial charge in [-0.25, -0.2) is 0 Å². The van der Waals surface area contributed by atoms with Crippen LogP contribution in [0.25, 0.3) is 0 Å². The van der Waals surface area contributed by atoms with Gasteiger partial charge in [-0.3, -0.25) is 9.48 Å². The average molecular weight is 441 g/mol. The molecule has 4 rings (SSSR count). The Morgan fingerprint density at radius 3 is 2.74 bits per heavy atom. The number of ether oxygens (including phenoxy) is 1. The first-order valence-corrected chi connectivity index (χ1v) is 11.0. The van der Waals surface area contributed by atoms with Crippen LogP contribution in [0, 0.1) is 0 Å². The molecule has 2 unspecified atom stereocenters. The van der Waals surface area contributed by atoms with Crippen LogP contribution in [-0.4, -0.2) is 21.8 Å². The molecule has 0 spiro atoms. The summed E-state index contributed by atoms with van der Waals surface area (Å²) in [5, 5.41) is 7.71. The van der Waals surface area contributed by atoms with Crippen molar-refractivity contribution in [1.82, 2.24) is 9.78 Å². The van der Waals surface area contributed by atoms with E-state index in [-0.39, 0.29) is 18.1 Å². The van der Waals surface area contributed by atoms with Gasteiger partial charge in [-0.05, 0) is 43.0 Å². The van der Waals surface area contributed by atoms with Crippen molar-refractivity contribution in [2.45, 2.75) is 51.9 Å². The monoisotopic (exact) mass is 440 g/mol. The number of carbonyl (C=O) groups excluding carboxylic acids is 1. The number of carbonyl (C=O) groups is 1. The molecule has 1 saturated carbocycles. The van der Waals surface area contributed by atoms with Gasteiger partial charge in [0.15, 0.2) is 0 Å². The number of anilines is 2. The Bertz CT molecular complexity index is 970. The zero-order valence-electron chi connectivity index (χ0n) is 17.9. The fraction of sp³-hybridized carbons (Fsp3) is 0.333. The van der Waals surface area contributed by atoms with Crippen molar-refractivity contribution in [3.8, 4) is 0 Å². The van der Waals surface area contributed by atoms with E-state index in [9.17, 15) is 4.79 Å². The number of benzene rings is 2. The van der Waals surface area contributed by atoms with Gasteiger partial charge in [-0.2, -0.15) is 5.10 Å². The van der Waals surface area contributed by atoms with E-state index in [0.29, 0.717) is 28.6 Å². The molecule has 7 heteroatoms. The summed E-state index contributed by atoms with van der Waals surface area (Å²) in [6, 6.07) is 15.2. The normalized spacial score (nSPS) is 17.6. The number of hydrogen-bond donors (Lipinski definition) is 2. The standard InChI is InChI=1S/C22H23ClN4O2.C2H6/c23-17-9-18(24)11-19(10-17)26-22(28)16-12-25-27(13-16)20-7-4-8-21(20)29-14-15-5-2-1-3-6-15;1-2/h1-3,5-6,9-13,20-21H,4,7-8,14,24H2,(H,26,28);1-2H3. The van der Waals surface area contributed by atoms with Crippen LogP contribution in [-0.2, 0) is 11.3 Å². The number of nitrogens with one attached hydrogen (secondary N) is 1. The predicted molar refractivity (Wildman–Crippen MR) is 125 cm³/mol. The van der Waals surface area contributed by atoms with Crippen molar-refractivity contribution < 1.29 is 9.53 Å². The smallest absolute Gasteiger partial charge is 0.258 e. The molecule has 6 nitrogen and oxygen atoms in total. The van der Waals surface area contributed by atoms with Crippen LogP contribution in [0.2, 0.25) is 5.02 Å². The average Bonchev–Trinajstić information content (AvgIpc) is 3.43. The molecule has 1 aliphatic rings. The fourth-order valence-corrected chi connectivity index (χ4v) is 3.95. The maximum atomic E-state index is 12.6. The quantitative estimate of drug-likeness (QED) is 0.481. The minimum absolute atomic E-state index is 0.0822. The SMILES string of the molecule is CC.Nc1cc(Cl)cc(NC(=O)c2cnn(C3CCCC3OCc3ccccc3)c2)c1. The third kappa shape index (κ3) is 6.09. The van der Waals surface area contributed by atoms with E-state index in [2.05, 4.69) is 22.5 Å². The number of nitrogens with two attached hydrogens (primary N) is 1. The molecule has 31 heavy (non-hydrogen) atoms. The Balaban J connectivity index is 0.00000132. The van der Waals surface area contributed by atoms with Gasteiger partial charge in [-0.15, -0.1) is 0 Å². The van der Waals surface area contributed by atoms with E-state index in [1.807, 2.05) is 36.7 Å². The third-order valence-electron chi connectivity index (χ3n) is 5.11. The van der Waals surface area contributed by atoms with Crippen molar-refractivity contribution in [3.05, 3.63) is 77.1 Å². The molecule has 2 atom stereocenters. The van der Waals surface area contributed by atoms with E-state index in [4.69, 9.17) is 22.1 Å². The first kappa shape index (κ1) is 22.8. The number of nitrogens with zero attached hydrogens (tertiary/aromatic N) is 2. The highest BCUT2D eigenvalue weighted by Gasteiger charge is 2.30. The molecule has 3 aromatic rings. The van der Waals surface area contributed by atoms with Crippen LogP contribution in [0.3, 0.4) is 0 Å². The summed E-state index contributed by atoms with van der Waals surface area (Å²) in [6.45, 7) is 4.58. The lowest BCUT2D eigenvalue weighted by Gasteiger charge is -2.20. The topological polar surface area (TPSA) is 82.2 Å². The molecule has 164 valence electrons. The Kier molecular flexibility index (Phi) is 8.09. The molecule has 1 amide bonds. The van der Waals surface area contributed by atoms with Crippen LogP contribution in [0.15, 0.2) is 60.9 Å². The van der Waals surface area contributed by atoms with Gasteiger partial charge >= 0.3 is 0 Å². The molecule has 1 aliphatic carbocycles. The van der Waals surface area contributed by atoms with Gasteiger partial charge in [-0.1, -0.05) is 55.8 Å². The highest BCUT2D eigenvalue weighted by molar-refractivity contribution is 6.31. The van der Waals surface area contributed by atoms with Crippen molar-refractivity contribution in [3.63, 3.8) is 0 Å². The molecule has 0 radical (unpaired) electrons. The largest absolute Gasteiger partial charge is 0.399 e. The molecule has 3 N–H and O–H groups in total. The van der Waals surface area contributed by atoms with E-state index in [0.717, 1.165) is 24.8 Å². The van der Waals surface area contributed by atoms with Crippen molar-refractivity contribution in [2.75, 3.05) is 11.1 Å². The van der Waals surface area contributed by atoms with Gasteiger partial charge in [0.25, 0.3) is 5.91 Å².